The van der Waals surface area contributed by atoms with Crippen LogP contribution in [-0.2, 0) is 9.53 Å². The predicted molar refractivity (Wildman–Crippen MR) is 98.7 cm³/mol. The van der Waals surface area contributed by atoms with Crippen LogP contribution in [0.15, 0.2) is 40.9 Å². The molecule has 6 nitrogen and oxygen atoms in total. The van der Waals surface area contributed by atoms with E-state index >= 15 is 0 Å². The maximum atomic E-state index is 12.4. The molecule has 0 fully saturated rings. The molecule has 0 saturated carbocycles. The van der Waals surface area contributed by atoms with Gasteiger partial charge in [-0.25, -0.2) is 9.78 Å². The molecule has 1 atom stereocenters. The minimum atomic E-state index is -1.06. The Hall–Kier alpha value is -2.57. The predicted octanol–water partition coefficient (Wildman–Crippen LogP) is 4.63. The second-order valence-corrected chi connectivity index (χ2v) is 6.37. The normalized spacial score (nSPS) is 12.0. The summed E-state index contributed by atoms with van der Waals surface area (Å²) in [6.45, 7) is 3.17. The summed E-state index contributed by atoms with van der Waals surface area (Å²) in [5.41, 5.74) is 1.44. The first-order chi connectivity index (χ1) is 12.4. The number of fused-ring (bicyclic) bond motifs is 1. The van der Waals surface area contributed by atoms with Crippen molar-refractivity contribution in [3.63, 3.8) is 0 Å². The van der Waals surface area contributed by atoms with Gasteiger partial charge < -0.3 is 14.5 Å². The summed E-state index contributed by atoms with van der Waals surface area (Å²) in [5.74, 6) is -1.25. The van der Waals surface area contributed by atoms with Gasteiger partial charge in [0, 0.05) is 22.2 Å². The molecule has 3 aromatic rings. The molecule has 0 bridgehead atoms. The highest BCUT2D eigenvalue weighted by Gasteiger charge is 2.24. The van der Waals surface area contributed by atoms with Crippen molar-refractivity contribution < 1.29 is 18.7 Å². The van der Waals surface area contributed by atoms with E-state index in [0.717, 1.165) is 0 Å². The number of carbonyl (C=O) groups is 2. The van der Waals surface area contributed by atoms with E-state index in [9.17, 15) is 9.59 Å². The Morgan fingerprint density at radius 2 is 2.04 bits per heavy atom. The first-order valence-corrected chi connectivity index (χ1v) is 8.43. The van der Waals surface area contributed by atoms with Crippen LogP contribution in [0.2, 0.25) is 10.2 Å². The highest BCUT2D eigenvalue weighted by Crippen LogP contribution is 2.28. The SMILES string of the molecule is Cc1c(C(=O)O[C@@H](C)C(=O)Nc2cccnc2Cl)oc2ccc(Cl)cc12. The van der Waals surface area contributed by atoms with E-state index < -0.39 is 18.0 Å². The number of anilines is 1. The van der Waals surface area contributed by atoms with Gasteiger partial charge in [-0.1, -0.05) is 23.2 Å². The number of nitrogens with zero attached hydrogens (tertiary/aromatic N) is 1. The van der Waals surface area contributed by atoms with Crippen LogP contribution in [0.1, 0.15) is 23.0 Å². The van der Waals surface area contributed by atoms with Crippen molar-refractivity contribution in [3.8, 4) is 0 Å². The summed E-state index contributed by atoms with van der Waals surface area (Å²) >= 11 is 11.9. The summed E-state index contributed by atoms with van der Waals surface area (Å²) in [4.78, 5) is 28.5. The number of hydrogen-bond acceptors (Lipinski definition) is 5. The Balaban J connectivity index is 1.74. The number of ether oxygens (including phenoxy) is 1. The van der Waals surface area contributed by atoms with Crippen LogP contribution in [0, 0.1) is 6.92 Å². The summed E-state index contributed by atoms with van der Waals surface area (Å²) in [5, 5.41) is 3.94. The first kappa shape index (κ1) is 18.2. The molecule has 1 N–H and O–H groups in total. The van der Waals surface area contributed by atoms with Gasteiger partial charge in [0.2, 0.25) is 5.76 Å². The monoisotopic (exact) mass is 392 g/mol. The number of benzene rings is 1. The fourth-order valence-electron chi connectivity index (χ4n) is 2.37. The zero-order valence-corrected chi connectivity index (χ0v) is 15.4. The molecular weight excluding hydrogens is 379 g/mol. The zero-order valence-electron chi connectivity index (χ0n) is 13.9. The van der Waals surface area contributed by atoms with Gasteiger partial charge in [-0.2, -0.15) is 0 Å². The zero-order chi connectivity index (χ0) is 18.8. The number of pyridine rings is 1. The number of halogens is 2. The molecular formula is C18H14Cl2N2O4. The Morgan fingerprint density at radius 1 is 1.27 bits per heavy atom. The molecule has 0 aliphatic rings. The first-order valence-electron chi connectivity index (χ1n) is 7.68. The summed E-state index contributed by atoms with van der Waals surface area (Å²) in [7, 11) is 0. The third-order valence-electron chi connectivity index (χ3n) is 3.75. The minimum Gasteiger partial charge on any atom is -0.449 e. The fraction of sp³-hybridized carbons (Fsp3) is 0.167. The molecule has 1 aromatic carbocycles. The number of rotatable bonds is 4. The van der Waals surface area contributed by atoms with Crippen LogP contribution in [0.5, 0.6) is 0 Å². The van der Waals surface area contributed by atoms with Gasteiger partial charge in [0.25, 0.3) is 5.91 Å². The molecule has 0 saturated heterocycles. The van der Waals surface area contributed by atoms with Gasteiger partial charge in [0.05, 0.1) is 5.69 Å². The summed E-state index contributed by atoms with van der Waals surface area (Å²) < 4.78 is 10.7. The minimum absolute atomic E-state index is 0.0290. The molecule has 134 valence electrons. The third-order valence-corrected chi connectivity index (χ3v) is 4.29. The number of amides is 1. The number of esters is 1. The van der Waals surface area contributed by atoms with Crippen molar-refractivity contribution in [1.29, 1.82) is 0 Å². The van der Waals surface area contributed by atoms with Crippen molar-refractivity contribution in [3.05, 3.63) is 58.0 Å². The fourth-order valence-corrected chi connectivity index (χ4v) is 2.71. The molecule has 0 unspecified atom stereocenters. The Bertz CT molecular complexity index is 1000. The third kappa shape index (κ3) is 3.66. The number of hydrogen-bond donors (Lipinski definition) is 1. The van der Waals surface area contributed by atoms with Gasteiger partial charge in [-0.3, -0.25) is 4.79 Å². The maximum Gasteiger partial charge on any atom is 0.375 e. The van der Waals surface area contributed by atoms with E-state index in [1.54, 1.807) is 37.3 Å². The molecule has 0 aliphatic carbocycles. The number of aryl methyl sites for hydroxylation is 1. The van der Waals surface area contributed by atoms with Gasteiger partial charge in [-0.05, 0) is 44.2 Å². The van der Waals surface area contributed by atoms with Crippen LogP contribution in [0.25, 0.3) is 11.0 Å². The molecule has 1 amide bonds. The number of aromatic nitrogens is 1. The molecule has 2 heterocycles. The second-order valence-electron chi connectivity index (χ2n) is 5.58. The molecule has 0 spiro atoms. The van der Waals surface area contributed by atoms with Crippen LogP contribution in [0.4, 0.5) is 5.69 Å². The van der Waals surface area contributed by atoms with E-state index in [2.05, 4.69) is 10.3 Å². The molecule has 0 aliphatic heterocycles. The van der Waals surface area contributed by atoms with Crippen LogP contribution < -0.4 is 5.32 Å². The second kappa shape index (κ2) is 7.35. The van der Waals surface area contributed by atoms with Gasteiger partial charge >= 0.3 is 5.97 Å². The molecule has 2 aromatic heterocycles. The Morgan fingerprint density at radius 3 is 2.77 bits per heavy atom. The standard InChI is InChI=1S/C18H14Cl2N2O4/c1-9-12-8-11(19)5-6-14(12)26-15(9)18(24)25-10(2)17(23)22-13-4-3-7-21-16(13)20/h3-8,10H,1-2H3,(H,22,23)/t10-/m0/s1. The largest absolute Gasteiger partial charge is 0.449 e. The summed E-state index contributed by atoms with van der Waals surface area (Å²) in [6, 6.07) is 8.25. The van der Waals surface area contributed by atoms with Crippen LogP contribution in [-0.4, -0.2) is 23.0 Å². The quantitative estimate of drug-likeness (QED) is 0.517. The average Bonchev–Trinajstić information content (AvgIpc) is 2.93. The Labute approximate surface area is 159 Å². The number of nitrogens with one attached hydrogen (secondary N) is 1. The lowest BCUT2D eigenvalue weighted by Gasteiger charge is -2.13. The smallest absolute Gasteiger partial charge is 0.375 e. The van der Waals surface area contributed by atoms with Crippen molar-refractivity contribution in [2.45, 2.75) is 20.0 Å². The number of furan rings is 1. The topological polar surface area (TPSA) is 81.4 Å². The van der Waals surface area contributed by atoms with Gasteiger partial charge in [0.15, 0.2) is 11.3 Å². The van der Waals surface area contributed by atoms with Crippen molar-refractivity contribution in [2.24, 2.45) is 0 Å². The highest BCUT2D eigenvalue weighted by atomic mass is 35.5. The van der Waals surface area contributed by atoms with Gasteiger partial charge in [0.1, 0.15) is 5.58 Å². The van der Waals surface area contributed by atoms with Crippen molar-refractivity contribution >= 4 is 51.7 Å². The highest BCUT2D eigenvalue weighted by molar-refractivity contribution is 6.32. The maximum absolute atomic E-state index is 12.4. The lowest BCUT2D eigenvalue weighted by molar-refractivity contribution is -0.123. The van der Waals surface area contributed by atoms with E-state index in [1.165, 1.54) is 13.1 Å². The average molecular weight is 393 g/mol. The molecule has 3 rings (SSSR count). The van der Waals surface area contributed by atoms with E-state index in [0.29, 0.717) is 27.2 Å². The lowest BCUT2D eigenvalue weighted by atomic mass is 10.1. The molecule has 0 radical (unpaired) electrons. The van der Waals surface area contributed by atoms with E-state index in [1.807, 2.05) is 0 Å². The number of carbonyl (C=O) groups excluding carboxylic acids is 2. The Kier molecular flexibility index (Phi) is 5.15. The lowest BCUT2D eigenvalue weighted by Crippen LogP contribution is -2.30. The van der Waals surface area contributed by atoms with Crippen LogP contribution in [0.3, 0.4) is 0 Å². The van der Waals surface area contributed by atoms with Gasteiger partial charge in [-0.15, -0.1) is 0 Å². The molecule has 26 heavy (non-hydrogen) atoms. The van der Waals surface area contributed by atoms with Crippen molar-refractivity contribution in [1.82, 2.24) is 4.98 Å². The van der Waals surface area contributed by atoms with Crippen molar-refractivity contribution in [2.75, 3.05) is 5.32 Å². The summed E-state index contributed by atoms with van der Waals surface area (Å²) in [6.07, 6.45) is 0.438. The van der Waals surface area contributed by atoms with Crippen LogP contribution >= 0.6 is 23.2 Å². The molecule has 8 heteroatoms. The van der Waals surface area contributed by atoms with E-state index in [4.69, 9.17) is 32.4 Å². The van der Waals surface area contributed by atoms with E-state index in [-0.39, 0.29) is 10.9 Å².